The molecule has 0 saturated carbocycles. The third-order valence-electron chi connectivity index (χ3n) is 3.90. The molecule has 1 amide bonds. The van der Waals surface area contributed by atoms with Crippen molar-refractivity contribution in [2.24, 2.45) is 0 Å². The minimum atomic E-state index is -0.125. The fraction of sp³-hybridized carbons (Fsp3) is 0.200. The van der Waals surface area contributed by atoms with E-state index in [2.05, 4.69) is 28.6 Å². The van der Waals surface area contributed by atoms with E-state index in [1.165, 1.54) is 22.5 Å². The third-order valence-corrected chi connectivity index (χ3v) is 4.97. The summed E-state index contributed by atoms with van der Waals surface area (Å²) in [5, 5.41) is 6.94. The van der Waals surface area contributed by atoms with Crippen molar-refractivity contribution in [3.8, 4) is 0 Å². The van der Waals surface area contributed by atoms with E-state index in [0.717, 1.165) is 23.5 Å². The maximum atomic E-state index is 12.6. The van der Waals surface area contributed by atoms with Crippen LogP contribution in [0.1, 0.15) is 33.4 Å². The molecule has 0 aliphatic heterocycles. The Kier molecular flexibility index (Phi) is 5.14. The Morgan fingerprint density at radius 2 is 1.84 bits per heavy atom. The first kappa shape index (κ1) is 17.2. The fourth-order valence-electron chi connectivity index (χ4n) is 2.48. The normalized spacial score (nSPS) is 10.5. The summed E-state index contributed by atoms with van der Waals surface area (Å²) < 4.78 is 0. The quantitative estimate of drug-likeness (QED) is 0.654. The van der Waals surface area contributed by atoms with E-state index >= 15 is 0 Å². The largest absolute Gasteiger partial charge is 0.332 e. The van der Waals surface area contributed by atoms with E-state index in [9.17, 15) is 4.79 Å². The number of carbonyl (C=O) groups excluding carboxylic acids is 1. The molecule has 4 nitrogen and oxygen atoms in total. The monoisotopic (exact) mass is 351 g/mol. The number of benzene rings is 2. The number of carbonyl (C=O) groups is 1. The highest BCUT2D eigenvalue weighted by atomic mass is 32.1. The molecule has 0 aliphatic carbocycles. The Bertz CT molecular complexity index is 884. The molecular weight excluding hydrogens is 330 g/mol. The summed E-state index contributed by atoms with van der Waals surface area (Å²) in [7, 11) is 0. The topological polar surface area (TPSA) is 54.0 Å². The van der Waals surface area contributed by atoms with Gasteiger partial charge in [-0.15, -0.1) is 0 Å². The van der Waals surface area contributed by atoms with Gasteiger partial charge in [-0.1, -0.05) is 48.1 Å². The smallest absolute Gasteiger partial charge is 0.267 e. The van der Waals surface area contributed by atoms with Crippen molar-refractivity contribution in [2.75, 3.05) is 10.6 Å². The minimum Gasteiger partial charge on any atom is -0.332 e. The first-order valence-electron chi connectivity index (χ1n) is 8.26. The van der Waals surface area contributed by atoms with Crippen LogP contribution in [0.4, 0.5) is 16.5 Å². The molecule has 0 aliphatic rings. The molecular formula is C20H21N3OS. The average molecular weight is 351 g/mol. The number of thiazole rings is 1. The lowest BCUT2D eigenvalue weighted by molar-refractivity contribution is 0.103. The zero-order valence-electron chi connectivity index (χ0n) is 14.6. The van der Waals surface area contributed by atoms with Gasteiger partial charge in [0.15, 0.2) is 5.13 Å². The number of nitrogens with zero attached hydrogens (tertiary/aromatic N) is 1. The van der Waals surface area contributed by atoms with Crippen LogP contribution in [0.2, 0.25) is 0 Å². The fourth-order valence-corrected chi connectivity index (χ4v) is 3.36. The molecule has 0 fully saturated rings. The van der Waals surface area contributed by atoms with Crippen molar-refractivity contribution in [2.45, 2.75) is 27.2 Å². The van der Waals surface area contributed by atoms with Gasteiger partial charge >= 0.3 is 0 Å². The van der Waals surface area contributed by atoms with Crippen molar-refractivity contribution < 1.29 is 4.79 Å². The van der Waals surface area contributed by atoms with E-state index in [0.29, 0.717) is 10.0 Å². The predicted octanol–water partition coefficient (Wildman–Crippen LogP) is 5.32. The van der Waals surface area contributed by atoms with Gasteiger partial charge in [0, 0.05) is 11.4 Å². The number of amides is 1. The number of aryl methyl sites for hydroxylation is 3. The lowest BCUT2D eigenvalue weighted by Crippen LogP contribution is -2.11. The third kappa shape index (κ3) is 4.25. The first-order valence-corrected chi connectivity index (χ1v) is 9.08. The van der Waals surface area contributed by atoms with Crippen molar-refractivity contribution in [1.29, 1.82) is 0 Å². The first-order chi connectivity index (χ1) is 12.0. The number of nitrogens with one attached hydrogen (secondary N) is 2. The molecule has 2 aromatic carbocycles. The van der Waals surface area contributed by atoms with Crippen LogP contribution in [0, 0.1) is 13.8 Å². The molecule has 0 unspecified atom stereocenters. The van der Waals surface area contributed by atoms with Gasteiger partial charge in [0.2, 0.25) is 0 Å². The molecule has 128 valence electrons. The van der Waals surface area contributed by atoms with Crippen molar-refractivity contribution in [1.82, 2.24) is 4.98 Å². The second kappa shape index (κ2) is 7.49. The van der Waals surface area contributed by atoms with Crippen molar-refractivity contribution >= 4 is 33.8 Å². The molecule has 0 atom stereocenters. The highest BCUT2D eigenvalue weighted by molar-refractivity contribution is 7.17. The molecule has 0 spiro atoms. The van der Waals surface area contributed by atoms with Gasteiger partial charge in [-0.2, -0.15) is 0 Å². The van der Waals surface area contributed by atoms with Crippen LogP contribution in [0.5, 0.6) is 0 Å². The summed E-state index contributed by atoms with van der Waals surface area (Å²) in [6.45, 7) is 6.00. The van der Waals surface area contributed by atoms with Gasteiger partial charge in [-0.25, -0.2) is 4.98 Å². The van der Waals surface area contributed by atoms with Gasteiger partial charge < -0.3 is 10.6 Å². The van der Waals surface area contributed by atoms with Crippen LogP contribution in [0.25, 0.3) is 0 Å². The van der Waals surface area contributed by atoms with Crippen LogP contribution >= 0.6 is 11.3 Å². The average Bonchev–Trinajstić information content (AvgIpc) is 2.97. The Labute approximate surface area is 151 Å². The lowest BCUT2D eigenvalue weighted by atomic mass is 10.1. The highest BCUT2D eigenvalue weighted by Crippen LogP contribution is 2.27. The standard InChI is InChI=1S/C20H21N3OS/c1-4-15-6-5-7-17(12-15)22-19(24)18-14(3)21-20(25-18)23-16-10-8-13(2)9-11-16/h5-12H,4H2,1-3H3,(H,21,23)(H,22,24). The Morgan fingerprint density at radius 3 is 2.56 bits per heavy atom. The number of aromatic nitrogens is 1. The van der Waals surface area contributed by atoms with Gasteiger partial charge in [0.25, 0.3) is 5.91 Å². The molecule has 5 heteroatoms. The number of rotatable bonds is 5. The van der Waals surface area contributed by atoms with E-state index in [1.807, 2.05) is 56.3 Å². The molecule has 2 N–H and O–H groups in total. The summed E-state index contributed by atoms with van der Waals surface area (Å²) in [5.41, 5.74) is 4.90. The summed E-state index contributed by atoms with van der Waals surface area (Å²) in [5.74, 6) is -0.125. The van der Waals surface area contributed by atoms with Crippen LogP contribution in [-0.2, 0) is 6.42 Å². The second-order valence-corrected chi connectivity index (χ2v) is 6.93. The second-order valence-electron chi connectivity index (χ2n) is 5.93. The zero-order valence-corrected chi connectivity index (χ0v) is 15.4. The number of anilines is 3. The minimum absolute atomic E-state index is 0.125. The Hall–Kier alpha value is -2.66. The van der Waals surface area contributed by atoms with Crippen LogP contribution in [0.3, 0.4) is 0 Å². The number of hydrogen-bond donors (Lipinski definition) is 2. The molecule has 3 aromatic rings. The van der Waals surface area contributed by atoms with Gasteiger partial charge in [-0.05, 0) is 50.1 Å². The molecule has 0 radical (unpaired) electrons. The van der Waals surface area contributed by atoms with Crippen molar-refractivity contribution in [3.05, 3.63) is 70.2 Å². The van der Waals surface area contributed by atoms with E-state index in [-0.39, 0.29) is 5.91 Å². The van der Waals surface area contributed by atoms with Crippen LogP contribution in [0.15, 0.2) is 48.5 Å². The molecule has 25 heavy (non-hydrogen) atoms. The SMILES string of the molecule is CCc1cccc(NC(=O)c2sc(Nc3ccc(C)cc3)nc2C)c1. The van der Waals surface area contributed by atoms with E-state index < -0.39 is 0 Å². The Balaban J connectivity index is 1.74. The summed E-state index contributed by atoms with van der Waals surface area (Å²) >= 11 is 1.36. The van der Waals surface area contributed by atoms with E-state index in [1.54, 1.807) is 0 Å². The zero-order chi connectivity index (χ0) is 17.8. The van der Waals surface area contributed by atoms with Crippen LogP contribution < -0.4 is 10.6 Å². The Morgan fingerprint density at radius 1 is 1.08 bits per heavy atom. The summed E-state index contributed by atoms with van der Waals surface area (Å²) in [4.78, 5) is 17.7. The van der Waals surface area contributed by atoms with Crippen molar-refractivity contribution in [3.63, 3.8) is 0 Å². The van der Waals surface area contributed by atoms with E-state index in [4.69, 9.17) is 0 Å². The maximum absolute atomic E-state index is 12.6. The molecule has 0 saturated heterocycles. The maximum Gasteiger partial charge on any atom is 0.267 e. The lowest BCUT2D eigenvalue weighted by Gasteiger charge is -2.05. The molecule has 3 rings (SSSR count). The summed E-state index contributed by atoms with van der Waals surface area (Å²) in [6.07, 6.45) is 0.938. The number of hydrogen-bond acceptors (Lipinski definition) is 4. The van der Waals surface area contributed by atoms with Crippen LogP contribution in [-0.4, -0.2) is 10.9 Å². The molecule has 0 bridgehead atoms. The highest BCUT2D eigenvalue weighted by Gasteiger charge is 2.15. The van der Waals surface area contributed by atoms with Gasteiger partial charge in [-0.3, -0.25) is 4.79 Å². The molecule has 1 aromatic heterocycles. The van der Waals surface area contributed by atoms with Gasteiger partial charge in [0.1, 0.15) is 4.88 Å². The van der Waals surface area contributed by atoms with Gasteiger partial charge in [0.05, 0.1) is 5.69 Å². The predicted molar refractivity (Wildman–Crippen MR) is 105 cm³/mol. The molecule has 1 heterocycles. The summed E-state index contributed by atoms with van der Waals surface area (Å²) in [6, 6.07) is 16.0.